The maximum Gasteiger partial charge on any atom is 0.416 e. The molecule has 20 heavy (non-hydrogen) atoms. The molecule has 2 N–H and O–H groups in total. The van der Waals surface area contributed by atoms with Crippen LogP contribution in [0.25, 0.3) is 0 Å². The topological polar surface area (TPSA) is 35.2 Å². The van der Waals surface area contributed by atoms with Gasteiger partial charge in [0, 0.05) is 17.8 Å². The Labute approximate surface area is 110 Å². The molecule has 0 bridgehead atoms. The van der Waals surface area contributed by atoms with Crippen LogP contribution in [-0.2, 0) is 6.18 Å². The zero-order valence-electron chi connectivity index (χ0n) is 9.84. The van der Waals surface area contributed by atoms with Crippen molar-refractivity contribution in [2.24, 2.45) is 0 Å². The van der Waals surface area contributed by atoms with Crippen molar-refractivity contribution in [3.8, 4) is 11.5 Å². The van der Waals surface area contributed by atoms with Gasteiger partial charge in [-0.1, -0.05) is 0 Å². The zero-order valence-corrected chi connectivity index (χ0v) is 9.84. The number of ether oxygens (including phenoxy) is 1. The number of alkyl halides is 3. The summed E-state index contributed by atoms with van der Waals surface area (Å²) in [4.78, 5) is 0. The Balaban J connectivity index is 2.36. The molecule has 0 radical (unpaired) electrons. The van der Waals surface area contributed by atoms with Crippen LogP contribution in [0.2, 0.25) is 0 Å². The molecule has 2 aromatic rings. The van der Waals surface area contributed by atoms with Crippen molar-refractivity contribution in [1.82, 2.24) is 0 Å². The summed E-state index contributed by atoms with van der Waals surface area (Å²) in [7, 11) is 0. The van der Waals surface area contributed by atoms with Gasteiger partial charge in [-0.2, -0.15) is 13.2 Å². The maximum absolute atomic E-state index is 13.4. The Morgan fingerprint density at radius 2 is 1.65 bits per heavy atom. The molecule has 2 rings (SSSR count). The molecule has 0 aliphatic carbocycles. The third-order valence-electron chi connectivity index (χ3n) is 2.38. The van der Waals surface area contributed by atoms with Gasteiger partial charge >= 0.3 is 6.18 Å². The summed E-state index contributed by atoms with van der Waals surface area (Å²) in [5.41, 5.74) is 4.14. The Kier molecular flexibility index (Phi) is 3.52. The quantitative estimate of drug-likeness (QED) is 0.658. The Bertz CT molecular complexity index is 639. The van der Waals surface area contributed by atoms with E-state index in [-0.39, 0.29) is 11.4 Å². The van der Waals surface area contributed by atoms with E-state index in [4.69, 9.17) is 10.5 Å². The van der Waals surface area contributed by atoms with Crippen molar-refractivity contribution in [2.45, 2.75) is 6.18 Å². The van der Waals surface area contributed by atoms with Crippen molar-refractivity contribution in [3.05, 3.63) is 53.6 Å². The number of benzene rings is 2. The van der Waals surface area contributed by atoms with E-state index in [0.29, 0.717) is 12.1 Å². The van der Waals surface area contributed by atoms with Crippen LogP contribution in [0.4, 0.5) is 27.6 Å². The Hall–Kier alpha value is -2.31. The van der Waals surface area contributed by atoms with E-state index < -0.39 is 29.1 Å². The first kappa shape index (κ1) is 14.1. The van der Waals surface area contributed by atoms with E-state index in [1.165, 1.54) is 0 Å². The summed E-state index contributed by atoms with van der Waals surface area (Å²) >= 11 is 0. The first-order valence-corrected chi connectivity index (χ1v) is 5.36. The van der Waals surface area contributed by atoms with Gasteiger partial charge in [0.1, 0.15) is 11.6 Å². The lowest BCUT2D eigenvalue weighted by Gasteiger charge is -2.12. The van der Waals surface area contributed by atoms with E-state index in [9.17, 15) is 22.0 Å². The lowest BCUT2D eigenvalue weighted by atomic mass is 10.2. The summed E-state index contributed by atoms with van der Waals surface area (Å²) < 4.78 is 68.8. The van der Waals surface area contributed by atoms with E-state index in [0.717, 1.165) is 24.3 Å². The summed E-state index contributed by atoms with van der Waals surface area (Å²) in [6.07, 6.45) is -4.60. The SMILES string of the molecule is Nc1cc(Oc2ccc(F)cc2F)cc(C(F)(F)F)c1. The molecule has 0 aromatic heterocycles. The highest BCUT2D eigenvalue weighted by molar-refractivity contribution is 5.49. The second kappa shape index (κ2) is 4.99. The van der Waals surface area contributed by atoms with E-state index in [2.05, 4.69) is 0 Å². The van der Waals surface area contributed by atoms with Crippen LogP contribution in [0, 0.1) is 11.6 Å². The van der Waals surface area contributed by atoms with Gasteiger partial charge in [-0.15, -0.1) is 0 Å². The van der Waals surface area contributed by atoms with Crippen LogP contribution in [0.5, 0.6) is 11.5 Å². The van der Waals surface area contributed by atoms with Gasteiger partial charge in [-0.3, -0.25) is 0 Å². The molecule has 0 unspecified atom stereocenters. The lowest BCUT2D eigenvalue weighted by molar-refractivity contribution is -0.137. The van der Waals surface area contributed by atoms with Crippen molar-refractivity contribution in [2.75, 3.05) is 5.73 Å². The third kappa shape index (κ3) is 3.17. The lowest BCUT2D eigenvalue weighted by Crippen LogP contribution is -2.06. The van der Waals surface area contributed by atoms with Gasteiger partial charge in [-0.25, -0.2) is 8.78 Å². The summed E-state index contributed by atoms with van der Waals surface area (Å²) in [5, 5.41) is 0. The van der Waals surface area contributed by atoms with Crippen LogP contribution in [-0.4, -0.2) is 0 Å². The Morgan fingerprint density at radius 1 is 0.950 bits per heavy atom. The molecular formula is C13H8F5NO. The van der Waals surface area contributed by atoms with Gasteiger partial charge in [0.05, 0.1) is 5.56 Å². The third-order valence-corrected chi connectivity index (χ3v) is 2.38. The predicted octanol–water partition coefficient (Wildman–Crippen LogP) is 4.36. The normalized spacial score (nSPS) is 11.4. The molecule has 2 aromatic carbocycles. The molecule has 0 heterocycles. The van der Waals surface area contributed by atoms with Crippen LogP contribution in [0.3, 0.4) is 0 Å². The highest BCUT2D eigenvalue weighted by atomic mass is 19.4. The predicted molar refractivity (Wildman–Crippen MR) is 62.3 cm³/mol. The molecule has 0 atom stereocenters. The van der Waals surface area contributed by atoms with Gasteiger partial charge < -0.3 is 10.5 Å². The molecule has 0 saturated heterocycles. The summed E-state index contributed by atoms with van der Waals surface area (Å²) in [6, 6.07) is 4.98. The first-order chi connectivity index (χ1) is 9.25. The van der Waals surface area contributed by atoms with E-state index >= 15 is 0 Å². The monoisotopic (exact) mass is 289 g/mol. The van der Waals surface area contributed by atoms with Gasteiger partial charge in [-0.05, 0) is 24.3 Å². The molecule has 0 saturated carbocycles. The summed E-state index contributed by atoms with van der Waals surface area (Å²) in [5.74, 6) is -2.53. The number of rotatable bonds is 2. The molecule has 0 spiro atoms. The van der Waals surface area contributed by atoms with Crippen molar-refractivity contribution in [3.63, 3.8) is 0 Å². The molecule has 0 amide bonds. The largest absolute Gasteiger partial charge is 0.454 e. The molecule has 0 fully saturated rings. The minimum Gasteiger partial charge on any atom is -0.454 e. The fraction of sp³-hybridized carbons (Fsp3) is 0.0769. The minimum absolute atomic E-state index is 0.183. The number of hydrogen-bond donors (Lipinski definition) is 1. The first-order valence-electron chi connectivity index (χ1n) is 5.36. The van der Waals surface area contributed by atoms with Gasteiger partial charge in [0.25, 0.3) is 0 Å². The maximum atomic E-state index is 13.4. The number of halogens is 5. The van der Waals surface area contributed by atoms with Crippen LogP contribution < -0.4 is 10.5 Å². The molecule has 0 aliphatic heterocycles. The van der Waals surface area contributed by atoms with E-state index in [1.807, 2.05) is 0 Å². The highest BCUT2D eigenvalue weighted by Gasteiger charge is 2.31. The molecule has 7 heteroatoms. The fourth-order valence-corrected chi connectivity index (χ4v) is 1.53. The van der Waals surface area contributed by atoms with Gasteiger partial charge in [0.2, 0.25) is 0 Å². The fourth-order valence-electron chi connectivity index (χ4n) is 1.53. The average molecular weight is 289 g/mol. The molecule has 106 valence electrons. The second-order valence-electron chi connectivity index (χ2n) is 3.97. The smallest absolute Gasteiger partial charge is 0.416 e. The number of anilines is 1. The molecular weight excluding hydrogens is 281 g/mol. The zero-order chi connectivity index (χ0) is 14.9. The minimum atomic E-state index is -4.60. The van der Waals surface area contributed by atoms with Crippen LogP contribution in [0.1, 0.15) is 5.56 Å². The highest BCUT2D eigenvalue weighted by Crippen LogP contribution is 2.35. The van der Waals surface area contributed by atoms with Crippen LogP contribution >= 0.6 is 0 Å². The van der Waals surface area contributed by atoms with E-state index in [1.54, 1.807) is 0 Å². The van der Waals surface area contributed by atoms with Gasteiger partial charge in [0.15, 0.2) is 11.6 Å². The molecule has 2 nitrogen and oxygen atoms in total. The van der Waals surface area contributed by atoms with Crippen molar-refractivity contribution >= 4 is 5.69 Å². The molecule has 0 aliphatic rings. The Morgan fingerprint density at radius 3 is 2.25 bits per heavy atom. The van der Waals surface area contributed by atoms with Crippen LogP contribution in [0.15, 0.2) is 36.4 Å². The average Bonchev–Trinajstić information content (AvgIpc) is 2.31. The van der Waals surface area contributed by atoms with Crippen molar-refractivity contribution < 1.29 is 26.7 Å². The number of nitrogens with two attached hydrogens (primary N) is 1. The number of hydrogen-bond acceptors (Lipinski definition) is 2. The van der Waals surface area contributed by atoms with Crippen molar-refractivity contribution in [1.29, 1.82) is 0 Å². The standard InChI is InChI=1S/C13H8F5NO/c14-8-1-2-12(11(15)5-8)20-10-4-7(13(16,17)18)3-9(19)6-10/h1-6H,19H2. The summed E-state index contributed by atoms with van der Waals surface area (Å²) in [6.45, 7) is 0. The second-order valence-corrected chi connectivity index (χ2v) is 3.97. The number of nitrogen functional groups attached to an aromatic ring is 1.